The minimum Gasteiger partial charge on any atom is -0.326 e. The van der Waals surface area contributed by atoms with Crippen LogP contribution < -0.4 is 5.32 Å². The van der Waals surface area contributed by atoms with E-state index in [9.17, 15) is 4.79 Å². The number of carbonyl (C=O) groups excluding carboxylic acids is 1. The maximum atomic E-state index is 12.5. The van der Waals surface area contributed by atoms with E-state index in [0.29, 0.717) is 6.04 Å². The second-order valence-corrected chi connectivity index (χ2v) is 6.15. The number of piperidine rings is 1. The first-order valence-corrected chi connectivity index (χ1v) is 8.24. The molecule has 1 saturated heterocycles. The van der Waals surface area contributed by atoms with Gasteiger partial charge < -0.3 is 5.32 Å². The highest BCUT2D eigenvalue weighted by atomic mass is 16.1. The molecule has 1 N–H and O–H groups in total. The molecule has 0 radical (unpaired) electrons. The Labute approximate surface area is 137 Å². The van der Waals surface area contributed by atoms with Crippen LogP contribution in [0.1, 0.15) is 31.4 Å². The Kier molecular flexibility index (Phi) is 5.03. The fraction of sp³-hybridized carbons (Fsp3) is 0.368. The molecule has 0 bridgehead atoms. The molecular formula is C19H23N3O. The molecule has 0 saturated carbocycles. The van der Waals surface area contributed by atoms with E-state index in [2.05, 4.69) is 34.3 Å². The summed E-state index contributed by atoms with van der Waals surface area (Å²) < 4.78 is 0. The predicted molar refractivity (Wildman–Crippen MR) is 92.0 cm³/mol. The second kappa shape index (κ2) is 7.38. The topological polar surface area (TPSA) is 45.2 Å². The van der Waals surface area contributed by atoms with Gasteiger partial charge in [-0.1, -0.05) is 18.2 Å². The Morgan fingerprint density at radius 1 is 1.22 bits per heavy atom. The summed E-state index contributed by atoms with van der Waals surface area (Å²) in [7, 11) is 0. The van der Waals surface area contributed by atoms with Gasteiger partial charge in [0.2, 0.25) is 5.91 Å². The summed E-state index contributed by atoms with van der Waals surface area (Å²) in [5.74, 6) is 0.177. The first-order chi connectivity index (χ1) is 11.2. The number of carbonyl (C=O) groups is 1. The van der Waals surface area contributed by atoms with E-state index in [0.717, 1.165) is 31.6 Å². The maximum absolute atomic E-state index is 12.5. The Bertz CT molecular complexity index is 630. The molecule has 2 atom stereocenters. The number of anilines is 1. The Balaban J connectivity index is 1.63. The quantitative estimate of drug-likeness (QED) is 0.940. The number of aromatic nitrogens is 1. The zero-order chi connectivity index (χ0) is 16.1. The molecule has 23 heavy (non-hydrogen) atoms. The average molecular weight is 309 g/mol. The summed E-state index contributed by atoms with van der Waals surface area (Å²) in [4.78, 5) is 19.0. The first-order valence-electron chi connectivity index (χ1n) is 8.24. The zero-order valence-electron chi connectivity index (χ0n) is 13.5. The smallest absolute Gasteiger partial charge is 0.228 e. The molecule has 1 aromatic carbocycles. The van der Waals surface area contributed by atoms with E-state index in [4.69, 9.17) is 0 Å². The van der Waals surface area contributed by atoms with Gasteiger partial charge in [-0.2, -0.15) is 0 Å². The van der Waals surface area contributed by atoms with Crippen LogP contribution in [-0.4, -0.2) is 28.9 Å². The number of nitrogens with one attached hydrogen (secondary N) is 1. The van der Waals surface area contributed by atoms with Crippen LogP contribution in [0.15, 0.2) is 54.9 Å². The van der Waals surface area contributed by atoms with Crippen LogP contribution in [0.4, 0.5) is 5.69 Å². The Morgan fingerprint density at radius 2 is 1.96 bits per heavy atom. The first kappa shape index (κ1) is 15.7. The van der Waals surface area contributed by atoms with Gasteiger partial charge >= 0.3 is 0 Å². The third-order valence-corrected chi connectivity index (χ3v) is 4.60. The maximum Gasteiger partial charge on any atom is 0.228 e. The van der Waals surface area contributed by atoms with Crippen LogP contribution in [0.2, 0.25) is 0 Å². The van der Waals surface area contributed by atoms with E-state index in [1.54, 1.807) is 0 Å². The van der Waals surface area contributed by atoms with Crippen molar-refractivity contribution in [3.05, 3.63) is 60.4 Å². The summed E-state index contributed by atoms with van der Waals surface area (Å²) in [6, 6.07) is 14.1. The van der Waals surface area contributed by atoms with Gasteiger partial charge in [-0.3, -0.25) is 14.7 Å². The van der Waals surface area contributed by atoms with Crippen LogP contribution in [0.3, 0.4) is 0 Å². The van der Waals surface area contributed by atoms with Crippen molar-refractivity contribution in [1.82, 2.24) is 9.88 Å². The van der Waals surface area contributed by atoms with Crippen LogP contribution in [0, 0.1) is 5.92 Å². The molecule has 4 heteroatoms. The van der Waals surface area contributed by atoms with Gasteiger partial charge in [-0.05, 0) is 56.1 Å². The lowest BCUT2D eigenvalue weighted by molar-refractivity contribution is -0.121. The summed E-state index contributed by atoms with van der Waals surface area (Å²) in [6.07, 6.45) is 5.67. The third kappa shape index (κ3) is 3.96. The van der Waals surface area contributed by atoms with E-state index >= 15 is 0 Å². The number of hydrogen-bond acceptors (Lipinski definition) is 3. The van der Waals surface area contributed by atoms with E-state index < -0.39 is 0 Å². The zero-order valence-corrected chi connectivity index (χ0v) is 13.5. The van der Waals surface area contributed by atoms with Crippen molar-refractivity contribution in [2.75, 3.05) is 18.4 Å². The summed E-state index contributed by atoms with van der Waals surface area (Å²) in [6.45, 7) is 4.05. The van der Waals surface area contributed by atoms with Gasteiger partial charge in [0.15, 0.2) is 0 Å². The molecule has 4 nitrogen and oxygen atoms in total. The standard InChI is InChI=1S/C19H23N3O/c1-15(16-9-11-20-12-10-16)22-13-5-6-17(14-22)19(23)21-18-7-3-2-4-8-18/h2-4,7-12,15,17H,5-6,13-14H2,1H3,(H,21,23)/t15-,17-/m0/s1. The lowest BCUT2D eigenvalue weighted by Gasteiger charge is -2.36. The Hall–Kier alpha value is -2.20. The number of likely N-dealkylation sites (tertiary alicyclic amines) is 1. The molecule has 2 aromatic rings. The van der Waals surface area contributed by atoms with Gasteiger partial charge in [0.25, 0.3) is 0 Å². The lowest BCUT2D eigenvalue weighted by Crippen LogP contribution is -2.41. The summed E-state index contributed by atoms with van der Waals surface area (Å²) in [5, 5.41) is 3.04. The van der Waals surface area contributed by atoms with Crippen molar-refractivity contribution in [2.45, 2.75) is 25.8 Å². The molecule has 1 amide bonds. The Morgan fingerprint density at radius 3 is 2.70 bits per heavy atom. The monoisotopic (exact) mass is 309 g/mol. The van der Waals surface area contributed by atoms with Crippen molar-refractivity contribution in [1.29, 1.82) is 0 Å². The fourth-order valence-electron chi connectivity index (χ4n) is 3.19. The van der Waals surface area contributed by atoms with E-state index in [1.165, 1.54) is 5.56 Å². The van der Waals surface area contributed by atoms with Crippen molar-refractivity contribution >= 4 is 11.6 Å². The molecule has 1 aliphatic rings. The minimum atomic E-state index is 0.0493. The molecule has 1 aliphatic heterocycles. The summed E-state index contributed by atoms with van der Waals surface area (Å²) >= 11 is 0. The van der Waals surface area contributed by atoms with Crippen LogP contribution in [-0.2, 0) is 4.79 Å². The number of nitrogens with zero attached hydrogens (tertiary/aromatic N) is 2. The van der Waals surface area contributed by atoms with Crippen molar-refractivity contribution < 1.29 is 4.79 Å². The highest BCUT2D eigenvalue weighted by Crippen LogP contribution is 2.27. The van der Waals surface area contributed by atoms with Gasteiger partial charge in [0.05, 0.1) is 5.92 Å². The lowest BCUT2D eigenvalue weighted by atomic mass is 9.94. The molecule has 1 fully saturated rings. The molecule has 120 valence electrons. The minimum absolute atomic E-state index is 0.0493. The molecule has 3 rings (SSSR count). The van der Waals surface area contributed by atoms with Gasteiger partial charge in [0, 0.05) is 30.7 Å². The second-order valence-electron chi connectivity index (χ2n) is 6.15. The van der Waals surface area contributed by atoms with Gasteiger partial charge in [-0.25, -0.2) is 0 Å². The van der Waals surface area contributed by atoms with Crippen LogP contribution in [0.5, 0.6) is 0 Å². The van der Waals surface area contributed by atoms with Crippen LogP contribution in [0.25, 0.3) is 0 Å². The van der Waals surface area contributed by atoms with Gasteiger partial charge in [-0.15, -0.1) is 0 Å². The van der Waals surface area contributed by atoms with Crippen molar-refractivity contribution in [2.24, 2.45) is 5.92 Å². The summed E-state index contributed by atoms with van der Waals surface area (Å²) in [5.41, 5.74) is 2.13. The highest BCUT2D eigenvalue weighted by molar-refractivity contribution is 5.92. The third-order valence-electron chi connectivity index (χ3n) is 4.60. The van der Waals surface area contributed by atoms with Gasteiger partial charge in [0.1, 0.15) is 0 Å². The molecule has 0 aliphatic carbocycles. The van der Waals surface area contributed by atoms with Crippen LogP contribution >= 0.6 is 0 Å². The largest absolute Gasteiger partial charge is 0.326 e. The molecule has 2 heterocycles. The number of rotatable bonds is 4. The number of benzene rings is 1. The average Bonchev–Trinajstić information content (AvgIpc) is 2.63. The molecular weight excluding hydrogens is 286 g/mol. The SMILES string of the molecule is C[C@@H](c1ccncc1)N1CCC[C@H](C(=O)Nc2ccccc2)C1. The number of hydrogen-bond donors (Lipinski definition) is 1. The van der Waals surface area contributed by atoms with E-state index in [-0.39, 0.29) is 11.8 Å². The van der Waals surface area contributed by atoms with Crippen molar-refractivity contribution in [3.63, 3.8) is 0 Å². The number of para-hydroxylation sites is 1. The molecule has 0 spiro atoms. The van der Waals surface area contributed by atoms with Crippen molar-refractivity contribution in [3.8, 4) is 0 Å². The van der Waals surface area contributed by atoms with E-state index in [1.807, 2.05) is 42.7 Å². The highest BCUT2D eigenvalue weighted by Gasteiger charge is 2.28. The molecule has 1 aromatic heterocycles. The molecule has 0 unspecified atom stereocenters. The number of pyridine rings is 1. The predicted octanol–water partition coefficient (Wildman–Crippen LogP) is 3.49. The fourth-order valence-corrected chi connectivity index (χ4v) is 3.19. The number of amides is 1. The normalized spacial score (nSPS) is 20.0.